The maximum absolute atomic E-state index is 11.9. The zero-order valence-electron chi connectivity index (χ0n) is 9.20. The van der Waals surface area contributed by atoms with Crippen molar-refractivity contribution in [1.82, 2.24) is 10.3 Å². The Bertz CT molecular complexity index is 635. The lowest BCUT2D eigenvalue weighted by atomic mass is 10.2. The lowest BCUT2D eigenvalue weighted by molar-refractivity contribution is 0.0950. The molecule has 2 rings (SSSR count). The Balaban J connectivity index is 2.08. The van der Waals surface area contributed by atoms with E-state index in [1.54, 1.807) is 23.6 Å². The molecule has 0 bridgehead atoms. The molecule has 7 heteroatoms. The number of aromatic nitrogens is 1. The third-order valence-electron chi connectivity index (χ3n) is 2.28. The number of hydrogen-bond donors (Lipinski definition) is 3. The van der Waals surface area contributed by atoms with Crippen molar-refractivity contribution in [2.75, 3.05) is 5.73 Å². The van der Waals surface area contributed by atoms with Gasteiger partial charge in [0.05, 0.1) is 22.8 Å². The number of nitrogens with one attached hydrogen (secondary N) is 2. The van der Waals surface area contributed by atoms with Crippen LogP contribution in [0.1, 0.15) is 16.1 Å². The molecular weight excluding hydrogens is 274 g/mol. The van der Waals surface area contributed by atoms with Crippen LogP contribution in [0, 0.1) is 0 Å². The Morgan fingerprint density at radius 3 is 2.94 bits per heavy atom. The minimum atomic E-state index is -0.334. The SMILES string of the molecule is Nc1cccc(C(=O)NCc2csc(=O)[nH]2)c1Cl. The first-order valence-corrected chi connectivity index (χ1v) is 6.32. The Morgan fingerprint density at radius 2 is 2.28 bits per heavy atom. The Kier molecular flexibility index (Phi) is 3.69. The molecule has 0 fully saturated rings. The van der Waals surface area contributed by atoms with Gasteiger partial charge in [0.2, 0.25) is 0 Å². The zero-order chi connectivity index (χ0) is 13.1. The highest BCUT2D eigenvalue weighted by atomic mass is 35.5. The second-order valence-corrected chi connectivity index (χ2v) is 4.79. The number of rotatable bonds is 3. The molecule has 5 nitrogen and oxygen atoms in total. The van der Waals surface area contributed by atoms with Crippen molar-refractivity contribution in [2.24, 2.45) is 0 Å². The summed E-state index contributed by atoms with van der Waals surface area (Å²) in [5, 5.41) is 4.54. The lowest BCUT2D eigenvalue weighted by Crippen LogP contribution is -2.23. The number of hydrogen-bond acceptors (Lipinski definition) is 4. The first-order chi connectivity index (χ1) is 8.58. The Hall–Kier alpha value is -1.79. The van der Waals surface area contributed by atoms with Crippen LogP contribution in [-0.2, 0) is 6.54 Å². The van der Waals surface area contributed by atoms with Crippen LogP contribution in [0.3, 0.4) is 0 Å². The molecular formula is C11H10ClN3O2S. The van der Waals surface area contributed by atoms with Crippen LogP contribution in [0.5, 0.6) is 0 Å². The molecule has 4 N–H and O–H groups in total. The number of thiazole rings is 1. The number of H-pyrrole nitrogens is 1. The molecule has 18 heavy (non-hydrogen) atoms. The molecule has 0 atom stereocenters. The van der Waals surface area contributed by atoms with E-state index in [4.69, 9.17) is 17.3 Å². The maximum atomic E-state index is 11.9. The summed E-state index contributed by atoms with van der Waals surface area (Å²) >= 11 is 6.98. The molecule has 1 heterocycles. The minimum absolute atomic E-state index is 0.152. The molecule has 0 aliphatic heterocycles. The number of amides is 1. The zero-order valence-corrected chi connectivity index (χ0v) is 10.8. The van der Waals surface area contributed by atoms with Gasteiger partial charge in [-0.1, -0.05) is 29.0 Å². The molecule has 0 saturated heterocycles. The van der Waals surface area contributed by atoms with Crippen LogP contribution in [0.2, 0.25) is 5.02 Å². The number of halogens is 1. The smallest absolute Gasteiger partial charge is 0.304 e. The van der Waals surface area contributed by atoms with Gasteiger partial charge in [-0.25, -0.2) is 0 Å². The predicted molar refractivity (Wildman–Crippen MR) is 72.0 cm³/mol. The quantitative estimate of drug-likeness (QED) is 0.748. The van der Waals surface area contributed by atoms with Gasteiger partial charge in [0.1, 0.15) is 0 Å². The second kappa shape index (κ2) is 5.24. The first-order valence-electron chi connectivity index (χ1n) is 5.07. The maximum Gasteiger partial charge on any atom is 0.304 e. The van der Waals surface area contributed by atoms with E-state index in [-0.39, 0.29) is 22.3 Å². The molecule has 0 unspecified atom stereocenters. The van der Waals surface area contributed by atoms with Crippen molar-refractivity contribution in [2.45, 2.75) is 6.54 Å². The third kappa shape index (κ3) is 2.72. The van der Waals surface area contributed by atoms with Crippen LogP contribution in [0.25, 0.3) is 0 Å². The van der Waals surface area contributed by atoms with E-state index in [9.17, 15) is 9.59 Å². The number of aromatic amines is 1. The first kappa shape index (κ1) is 12.7. The highest BCUT2D eigenvalue weighted by molar-refractivity contribution is 7.07. The number of anilines is 1. The van der Waals surface area contributed by atoms with Crippen LogP contribution in [-0.4, -0.2) is 10.9 Å². The van der Waals surface area contributed by atoms with E-state index in [0.717, 1.165) is 11.3 Å². The highest BCUT2D eigenvalue weighted by Gasteiger charge is 2.11. The summed E-state index contributed by atoms with van der Waals surface area (Å²) in [5.74, 6) is -0.334. The monoisotopic (exact) mass is 283 g/mol. The molecule has 0 saturated carbocycles. The molecule has 0 radical (unpaired) electrons. The fourth-order valence-corrected chi connectivity index (χ4v) is 2.19. The fourth-order valence-electron chi connectivity index (χ4n) is 1.40. The normalized spacial score (nSPS) is 10.3. The van der Waals surface area contributed by atoms with Crippen molar-refractivity contribution in [3.63, 3.8) is 0 Å². The summed E-state index contributed by atoms with van der Waals surface area (Å²) in [6.45, 7) is 0.239. The van der Waals surface area contributed by atoms with Gasteiger partial charge >= 0.3 is 4.87 Å². The van der Waals surface area contributed by atoms with Crippen LogP contribution in [0.15, 0.2) is 28.4 Å². The van der Waals surface area contributed by atoms with E-state index in [1.165, 1.54) is 0 Å². The lowest BCUT2D eigenvalue weighted by Gasteiger charge is -2.07. The molecule has 1 aromatic carbocycles. The third-order valence-corrected chi connectivity index (χ3v) is 3.42. The van der Waals surface area contributed by atoms with Gasteiger partial charge in [0.25, 0.3) is 5.91 Å². The molecule has 0 aliphatic rings. The number of benzene rings is 1. The molecule has 1 amide bonds. The average molecular weight is 284 g/mol. The van der Waals surface area contributed by atoms with Gasteiger partial charge in [-0.2, -0.15) is 0 Å². The second-order valence-electron chi connectivity index (χ2n) is 3.56. The number of carbonyl (C=O) groups excluding carboxylic acids is 1. The minimum Gasteiger partial charge on any atom is -0.398 e. The molecule has 0 aliphatic carbocycles. The van der Waals surface area contributed by atoms with Gasteiger partial charge in [-0.3, -0.25) is 9.59 Å². The topological polar surface area (TPSA) is 88.0 Å². The highest BCUT2D eigenvalue weighted by Crippen LogP contribution is 2.22. The van der Waals surface area contributed by atoms with E-state index >= 15 is 0 Å². The summed E-state index contributed by atoms with van der Waals surface area (Å²) in [7, 11) is 0. The van der Waals surface area contributed by atoms with E-state index in [2.05, 4.69) is 10.3 Å². The van der Waals surface area contributed by atoms with Crippen LogP contribution < -0.4 is 15.9 Å². The molecule has 94 valence electrons. The average Bonchev–Trinajstić information content (AvgIpc) is 2.76. The van der Waals surface area contributed by atoms with Crippen LogP contribution in [0.4, 0.5) is 5.69 Å². The Morgan fingerprint density at radius 1 is 1.50 bits per heavy atom. The molecule has 0 spiro atoms. The molecule has 2 aromatic rings. The van der Waals surface area contributed by atoms with Gasteiger partial charge < -0.3 is 16.0 Å². The van der Waals surface area contributed by atoms with Gasteiger partial charge in [0.15, 0.2) is 0 Å². The van der Waals surface area contributed by atoms with Crippen molar-refractivity contribution in [3.05, 3.63) is 49.5 Å². The summed E-state index contributed by atoms with van der Waals surface area (Å²) in [5.41, 5.74) is 6.93. The van der Waals surface area contributed by atoms with Crippen molar-refractivity contribution in [1.29, 1.82) is 0 Å². The van der Waals surface area contributed by atoms with Crippen molar-refractivity contribution < 1.29 is 4.79 Å². The largest absolute Gasteiger partial charge is 0.398 e. The van der Waals surface area contributed by atoms with Gasteiger partial charge in [-0.15, -0.1) is 0 Å². The van der Waals surface area contributed by atoms with Crippen molar-refractivity contribution >= 4 is 34.5 Å². The van der Waals surface area contributed by atoms with Crippen molar-refractivity contribution in [3.8, 4) is 0 Å². The van der Waals surface area contributed by atoms with E-state index in [0.29, 0.717) is 16.9 Å². The van der Waals surface area contributed by atoms with Crippen LogP contribution >= 0.6 is 22.9 Å². The number of carbonyl (C=O) groups is 1. The number of nitrogen functional groups attached to an aromatic ring is 1. The van der Waals surface area contributed by atoms with Gasteiger partial charge in [0, 0.05) is 11.1 Å². The summed E-state index contributed by atoms with van der Waals surface area (Å²) in [6, 6.07) is 4.86. The summed E-state index contributed by atoms with van der Waals surface area (Å²) in [4.78, 5) is 25.2. The van der Waals surface area contributed by atoms with E-state index in [1.807, 2.05) is 0 Å². The van der Waals surface area contributed by atoms with Gasteiger partial charge in [-0.05, 0) is 12.1 Å². The van der Waals surface area contributed by atoms with E-state index < -0.39 is 0 Å². The standard InChI is InChI=1S/C11H10ClN3O2S/c12-9-7(2-1-3-8(9)13)10(16)14-4-6-5-18-11(17)15-6/h1-3,5H,4,13H2,(H,14,16)(H,15,17). The Labute approximate surface area is 112 Å². The number of nitrogens with two attached hydrogens (primary N) is 1. The summed E-state index contributed by atoms with van der Waals surface area (Å²) in [6.07, 6.45) is 0. The predicted octanol–water partition coefficient (Wildman–Crippen LogP) is 1.60. The fraction of sp³-hybridized carbons (Fsp3) is 0.0909. The summed E-state index contributed by atoms with van der Waals surface area (Å²) < 4.78 is 0. The molecule has 1 aromatic heterocycles.